The van der Waals surface area contributed by atoms with E-state index in [2.05, 4.69) is 17.1 Å². The van der Waals surface area contributed by atoms with E-state index in [1.165, 1.54) is 11.3 Å². The number of hydrogen-bond donors (Lipinski definition) is 0. The highest BCUT2D eigenvalue weighted by Crippen LogP contribution is 2.20. The molecule has 1 atom stereocenters. The van der Waals surface area contributed by atoms with Crippen molar-refractivity contribution in [3.63, 3.8) is 0 Å². The largest absolute Gasteiger partial charge is 0.390 e. The maximum absolute atomic E-state index is 12.3. The van der Waals surface area contributed by atoms with Gasteiger partial charge in [0.05, 0.1) is 24.1 Å². The van der Waals surface area contributed by atoms with Crippen molar-refractivity contribution in [3.8, 4) is 0 Å². The van der Waals surface area contributed by atoms with Crippen LogP contribution in [0.5, 0.6) is 0 Å². The van der Waals surface area contributed by atoms with E-state index in [1.807, 2.05) is 12.3 Å². The predicted octanol–water partition coefficient (Wildman–Crippen LogP) is 2.32. The van der Waals surface area contributed by atoms with Gasteiger partial charge in [0.15, 0.2) is 6.10 Å². The van der Waals surface area contributed by atoms with Crippen LogP contribution >= 0.6 is 11.3 Å². The summed E-state index contributed by atoms with van der Waals surface area (Å²) in [6, 6.07) is 0. The number of aromatic nitrogens is 2. The van der Waals surface area contributed by atoms with Crippen molar-refractivity contribution in [3.05, 3.63) is 27.6 Å². The second-order valence-corrected chi connectivity index (χ2v) is 5.62. The summed E-state index contributed by atoms with van der Waals surface area (Å²) in [5, 5.41) is 5.98. The van der Waals surface area contributed by atoms with Gasteiger partial charge in [-0.15, -0.1) is 11.3 Å². The van der Waals surface area contributed by atoms with Crippen LogP contribution in [0.1, 0.15) is 25.3 Å². The molecule has 0 aliphatic carbocycles. The maximum atomic E-state index is 12.3. The summed E-state index contributed by atoms with van der Waals surface area (Å²) in [5.74, 6) is 0. The van der Waals surface area contributed by atoms with Gasteiger partial charge in [-0.25, -0.2) is 4.98 Å². The lowest BCUT2D eigenvalue weighted by Gasteiger charge is -2.10. The quantitative estimate of drug-likeness (QED) is 0.865. The zero-order chi connectivity index (χ0) is 13.4. The van der Waals surface area contributed by atoms with Gasteiger partial charge >= 0.3 is 0 Å². The van der Waals surface area contributed by atoms with Gasteiger partial charge in [-0.1, -0.05) is 12.1 Å². The van der Waals surface area contributed by atoms with Crippen molar-refractivity contribution in [2.24, 2.45) is 5.16 Å². The lowest BCUT2D eigenvalue weighted by atomic mass is 10.1. The lowest BCUT2D eigenvalue weighted by Crippen LogP contribution is -2.26. The number of thiophene rings is 1. The van der Waals surface area contributed by atoms with Gasteiger partial charge in [0.25, 0.3) is 5.56 Å². The van der Waals surface area contributed by atoms with Gasteiger partial charge < -0.3 is 4.84 Å². The van der Waals surface area contributed by atoms with Crippen LogP contribution < -0.4 is 5.56 Å². The molecule has 5 nitrogen and oxygen atoms in total. The Bertz CT molecular complexity index is 701. The first-order valence-corrected chi connectivity index (χ1v) is 7.21. The number of fused-ring (bicyclic) bond motifs is 1. The number of rotatable bonds is 3. The van der Waals surface area contributed by atoms with E-state index >= 15 is 0 Å². The van der Waals surface area contributed by atoms with Crippen LogP contribution in [0.2, 0.25) is 0 Å². The van der Waals surface area contributed by atoms with E-state index in [4.69, 9.17) is 4.84 Å². The molecule has 0 aromatic carbocycles. The first kappa shape index (κ1) is 12.3. The third-order valence-corrected chi connectivity index (χ3v) is 4.40. The molecule has 2 aromatic rings. The van der Waals surface area contributed by atoms with Crippen molar-refractivity contribution in [2.75, 3.05) is 0 Å². The molecule has 1 aliphatic heterocycles. The minimum atomic E-state index is -0.0482. The van der Waals surface area contributed by atoms with Crippen LogP contribution in [-0.2, 0) is 11.4 Å². The topological polar surface area (TPSA) is 56.5 Å². The Morgan fingerprint density at radius 3 is 3.16 bits per heavy atom. The second kappa shape index (κ2) is 4.77. The molecule has 0 radical (unpaired) electrons. The Labute approximate surface area is 114 Å². The molecular weight excluding hydrogens is 262 g/mol. The third-order valence-electron chi connectivity index (χ3n) is 3.33. The third kappa shape index (κ3) is 2.16. The highest BCUT2D eigenvalue weighted by atomic mass is 32.1. The highest BCUT2D eigenvalue weighted by molar-refractivity contribution is 7.17. The molecule has 2 aromatic heterocycles. The van der Waals surface area contributed by atoms with Gasteiger partial charge in [0.1, 0.15) is 4.70 Å². The predicted molar refractivity (Wildman–Crippen MR) is 75.8 cm³/mol. The molecule has 0 spiro atoms. The van der Waals surface area contributed by atoms with E-state index in [0.717, 1.165) is 34.3 Å². The minimum absolute atomic E-state index is 0.0108. The average Bonchev–Trinajstić information content (AvgIpc) is 3.00. The normalized spacial score (nSPS) is 18.6. The first-order valence-electron chi connectivity index (χ1n) is 6.34. The molecule has 0 saturated carbocycles. The van der Waals surface area contributed by atoms with Gasteiger partial charge in [-0.3, -0.25) is 9.36 Å². The summed E-state index contributed by atoms with van der Waals surface area (Å²) in [5.41, 5.74) is 2.93. The number of nitrogens with zero attached hydrogens (tertiary/aromatic N) is 3. The SMILES string of the molecule is CCC1=NO[C@H](Cn2cnc3c(C)csc3c2=O)C1. The molecule has 0 unspecified atom stereocenters. The molecule has 6 heteroatoms. The summed E-state index contributed by atoms with van der Waals surface area (Å²) >= 11 is 1.45. The van der Waals surface area contributed by atoms with Gasteiger partial charge in [0.2, 0.25) is 0 Å². The monoisotopic (exact) mass is 277 g/mol. The molecule has 0 fully saturated rings. The maximum Gasteiger partial charge on any atom is 0.271 e. The van der Waals surface area contributed by atoms with Crippen LogP contribution in [0.15, 0.2) is 21.7 Å². The molecule has 3 rings (SSSR count). The van der Waals surface area contributed by atoms with E-state index < -0.39 is 0 Å². The van der Waals surface area contributed by atoms with Crippen LogP contribution in [-0.4, -0.2) is 21.4 Å². The molecule has 3 heterocycles. The van der Waals surface area contributed by atoms with Crippen molar-refractivity contribution < 1.29 is 4.84 Å². The molecular formula is C13H15N3O2S. The highest BCUT2D eigenvalue weighted by Gasteiger charge is 2.21. The molecule has 0 bridgehead atoms. The Balaban J connectivity index is 1.86. The van der Waals surface area contributed by atoms with Crippen molar-refractivity contribution in [1.82, 2.24) is 9.55 Å². The Morgan fingerprint density at radius 2 is 2.42 bits per heavy atom. The van der Waals surface area contributed by atoms with Crippen molar-refractivity contribution >= 4 is 27.3 Å². The first-order chi connectivity index (χ1) is 9.19. The van der Waals surface area contributed by atoms with Gasteiger partial charge in [-0.05, 0) is 24.3 Å². The molecule has 0 amide bonds. The molecule has 19 heavy (non-hydrogen) atoms. The smallest absolute Gasteiger partial charge is 0.271 e. The van der Waals surface area contributed by atoms with Gasteiger partial charge in [0, 0.05) is 6.42 Å². The number of aryl methyl sites for hydroxylation is 1. The van der Waals surface area contributed by atoms with Gasteiger partial charge in [-0.2, -0.15) is 0 Å². The van der Waals surface area contributed by atoms with Crippen LogP contribution in [0.25, 0.3) is 10.2 Å². The fourth-order valence-electron chi connectivity index (χ4n) is 2.20. The standard InChI is InChI=1S/C13H15N3O2S/c1-3-9-4-10(18-15-9)5-16-7-14-11-8(2)6-19-12(11)13(16)17/h6-7,10H,3-5H2,1-2H3/t10-/m0/s1. The van der Waals surface area contributed by atoms with Crippen molar-refractivity contribution in [2.45, 2.75) is 39.3 Å². The minimum Gasteiger partial charge on any atom is -0.390 e. The molecule has 0 N–H and O–H groups in total. The van der Waals surface area contributed by atoms with E-state index in [9.17, 15) is 4.79 Å². The fraction of sp³-hybridized carbons (Fsp3) is 0.462. The van der Waals surface area contributed by atoms with E-state index in [1.54, 1.807) is 10.9 Å². The summed E-state index contributed by atoms with van der Waals surface area (Å²) in [4.78, 5) is 22.0. The van der Waals surface area contributed by atoms with Crippen LogP contribution in [0.4, 0.5) is 0 Å². The zero-order valence-corrected chi connectivity index (χ0v) is 11.7. The summed E-state index contributed by atoms with van der Waals surface area (Å²) in [6.45, 7) is 4.53. The second-order valence-electron chi connectivity index (χ2n) is 4.74. The van der Waals surface area contributed by atoms with E-state index in [-0.39, 0.29) is 11.7 Å². The molecule has 100 valence electrons. The summed E-state index contributed by atoms with van der Waals surface area (Å²) in [6.07, 6.45) is 3.25. The number of hydrogen-bond acceptors (Lipinski definition) is 5. The summed E-state index contributed by atoms with van der Waals surface area (Å²) in [7, 11) is 0. The van der Waals surface area contributed by atoms with Crippen molar-refractivity contribution in [1.29, 1.82) is 0 Å². The summed E-state index contributed by atoms with van der Waals surface area (Å²) < 4.78 is 2.34. The fourth-order valence-corrected chi connectivity index (χ4v) is 3.15. The zero-order valence-electron chi connectivity index (χ0n) is 10.9. The Hall–Kier alpha value is -1.69. The average molecular weight is 277 g/mol. The van der Waals surface area contributed by atoms with Crippen LogP contribution in [0.3, 0.4) is 0 Å². The van der Waals surface area contributed by atoms with Crippen LogP contribution in [0, 0.1) is 6.92 Å². The number of oxime groups is 1. The molecule has 1 aliphatic rings. The Morgan fingerprint density at radius 1 is 1.58 bits per heavy atom. The van der Waals surface area contributed by atoms with E-state index in [0.29, 0.717) is 6.54 Å². The molecule has 0 saturated heterocycles. The lowest BCUT2D eigenvalue weighted by molar-refractivity contribution is 0.0716. The Kier molecular flexibility index (Phi) is 3.10.